The Labute approximate surface area is 535 Å². The molecule has 2 radical (unpaired) electrons. The molecule has 10 rings (SSSR count). The van der Waals surface area contributed by atoms with Crippen molar-refractivity contribution in [2.45, 2.75) is 49.6 Å². The molecule has 0 bridgehead atoms. The standard InChI is InChI=1S/2C26H24P2.2C8H9F3O2S.2Cu/c2*1-5-13-23(14-6-1)27(24-15-7-2-8-16-24)21-22-28(25-17-9-3-10-18-25)26-19-11-4-12-20-26;2*9-8(10,11)7(13)4-5(12)6-2-1-3-14-6;;/h2*1-20H,21-22H2;2*1-3,5,7,12-13H,4H2;;/p+4. The number of thiophene rings is 2. The minimum absolute atomic E-state index is 0. The normalized spacial score (nSPS) is 12.6. The second-order valence-electron chi connectivity index (χ2n) is 19.5. The van der Waals surface area contributed by atoms with Gasteiger partial charge >= 0.3 is 12.4 Å². The third-order valence-corrected chi connectivity index (χ3v) is 27.8. The summed E-state index contributed by atoms with van der Waals surface area (Å²) in [6.07, 6.45) is -13.2. The number of aliphatic hydroxyl groups is 4. The predicted molar refractivity (Wildman–Crippen MR) is 353 cm³/mol. The molecule has 0 saturated heterocycles. The monoisotopic (exact) mass is 1380 g/mol. The van der Waals surface area contributed by atoms with Crippen LogP contribution in [0.4, 0.5) is 26.3 Å². The molecule has 0 aliphatic heterocycles. The van der Waals surface area contributed by atoms with Crippen LogP contribution in [0, 0.1) is 0 Å². The summed E-state index contributed by atoms with van der Waals surface area (Å²) in [5, 5.41) is 51.4. The van der Waals surface area contributed by atoms with Gasteiger partial charge in [0.1, 0.15) is 24.6 Å². The van der Waals surface area contributed by atoms with Crippen LogP contribution in [0.5, 0.6) is 0 Å². The van der Waals surface area contributed by atoms with Crippen molar-refractivity contribution in [1.29, 1.82) is 0 Å². The molecule has 18 heteroatoms. The summed E-state index contributed by atoms with van der Waals surface area (Å²) in [5.74, 6) is 0. The largest absolute Gasteiger partial charge is 0.414 e. The fraction of sp³-hybridized carbons (Fsp3) is 0.176. The van der Waals surface area contributed by atoms with Crippen LogP contribution in [-0.2, 0) is 34.1 Å². The van der Waals surface area contributed by atoms with E-state index in [1.54, 1.807) is 22.9 Å². The van der Waals surface area contributed by atoms with E-state index in [2.05, 4.69) is 243 Å². The Kier molecular flexibility index (Phi) is 31.9. The summed E-state index contributed by atoms with van der Waals surface area (Å²) in [5.41, 5.74) is 0. The summed E-state index contributed by atoms with van der Waals surface area (Å²) in [7, 11) is -3.13. The van der Waals surface area contributed by atoms with Crippen LogP contribution in [0.1, 0.15) is 34.8 Å². The van der Waals surface area contributed by atoms with Gasteiger partial charge in [-0.1, -0.05) is 158 Å². The summed E-state index contributed by atoms with van der Waals surface area (Å²) < 4.78 is 71.4. The Morgan fingerprint density at radius 1 is 0.279 bits per heavy atom. The molecule has 4 atom stereocenters. The van der Waals surface area contributed by atoms with Crippen molar-refractivity contribution in [3.63, 3.8) is 0 Å². The minimum atomic E-state index is -4.67. The third-order valence-electron chi connectivity index (χ3n) is 13.6. The summed E-state index contributed by atoms with van der Waals surface area (Å²) in [4.78, 5) is 0.849. The van der Waals surface area contributed by atoms with E-state index in [1.165, 1.54) is 79.2 Å². The zero-order valence-electron chi connectivity index (χ0n) is 46.6. The molecule has 0 spiro atoms. The van der Waals surface area contributed by atoms with Crippen LogP contribution in [0.15, 0.2) is 278 Å². The minimum Gasteiger partial charge on any atom is -0.387 e. The molecule has 0 fully saturated rings. The van der Waals surface area contributed by atoms with E-state index < -0.39 is 81.3 Å². The number of benzene rings is 8. The summed E-state index contributed by atoms with van der Waals surface area (Å²) >= 11 is 2.31. The Hall–Kier alpha value is -4.66. The van der Waals surface area contributed by atoms with Crippen LogP contribution in [-0.4, -0.2) is 69.6 Å². The van der Waals surface area contributed by atoms with Gasteiger partial charge < -0.3 is 20.4 Å². The Bertz CT molecular complexity index is 2760. The van der Waals surface area contributed by atoms with Gasteiger partial charge in [-0.15, -0.1) is 22.7 Å². The van der Waals surface area contributed by atoms with E-state index in [9.17, 15) is 36.6 Å². The zero-order valence-corrected chi connectivity index (χ0v) is 54.1. The number of aliphatic hydroxyl groups excluding tert-OH is 4. The molecule has 86 heavy (non-hydrogen) atoms. The van der Waals surface area contributed by atoms with Gasteiger partial charge in [0.05, 0.1) is 86.3 Å². The van der Waals surface area contributed by atoms with Gasteiger partial charge in [-0.25, -0.2) is 0 Å². The quantitative estimate of drug-likeness (QED) is 0.0348. The fourth-order valence-electron chi connectivity index (χ4n) is 9.32. The van der Waals surface area contributed by atoms with E-state index in [0.29, 0.717) is 9.75 Å². The van der Waals surface area contributed by atoms with Crippen molar-refractivity contribution in [3.05, 3.63) is 287 Å². The molecule has 2 heterocycles. The van der Waals surface area contributed by atoms with Gasteiger partial charge in [0, 0.05) is 56.7 Å². The Balaban J connectivity index is 0.000000219. The smallest absolute Gasteiger partial charge is 0.387 e. The first-order chi connectivity index (χ1) is 40.7. The summed E-state index contributed by atoms with van der Waals surface area (Å²) in [6.45, 7) is 0. The molecule has 2 aromatic heterocycles. The number of hydrogen-bond donors (Lipinski definition) is 4. The molecule has 0 saturated carbocycles. The van der Waals surface area contributed by atoms with Crippen molar-refractivity contribution >= 4 is 96.8 Å². The van der Waals surface area contributed by atoms with Gasteiger partial charge in [-0.05, 0) is 120 Å². The molecule has 10 aromatic rings. The molecule has 8 aromatic carbocycles. The first-order valence-corrected chi connectivity index (χ1v) is 36.0. The molecule has 4 nitrogen and oxygen atoms in total. The van der Waals surface area contributed by atoms with Crippen LogP contribution in [0.2, 0.25) is 0 Å². The topological polar surface area (TPSA) is 80.9 Å². The molecule has 4 unspecified atom stereocenters. The fourth-order valence-corrected chi connectivity index (χ4v) is 23.2. The van der Waals surface area contributed by atoms with E-state index >= 15 is 0 Å². The zero-order chi connectivity index (χ0) is 59.6. The third kappa shape index (κ3) is 23.7. The molecule has 4 N–H and O–H groups in total. The van der Waals surface area contributed by atoms with Crippen molar-refractivity contribution in [2.75, 3.05) is 24.6 Å². The predicted octanol–water partition coefficient (Wildman–Crippen LogP) is 13.6. The van der Waals surface area contributed by atoms with Crippen molar-refractivity contribution < 1.29 is 80.9 Å². The first-order valence-electron chi connectivity index (χ1n) is 27.4. The Morgan fingerprint density at radius 2 is 0.453 bits per heavy atom. The first kappa shape index (κ1) is 72.1. The van der Waals surface area contributed by atoms with Gasteiger partial charge in [0.15, 0.2) is 12.2 Å². The van der Waals surface area contributed by atoms with Crippen molar-refractivity contribution in [1.82, 2.24) is 0 Å². The summed E-state index contributed by atoms with van der Waals surface area (Å²) in [6, 6.07) is 95.3. The maximum atomic E-state index is 11.9. The molecule has 458 valence electrons. The van der Waals surface area contributed by atoms with Crippen LogP contribution < -0.4 is 42.4 Å². The number of rotatable bonds is 20. The average molecular weight is 1380 g/mol. The molecular weight excluding hydrogens is 1310 g/mol. The molecule has 0 aliphatic carbocycles. The van der Waals surface area contributed by atoms with Gasteiger partial charge in [0.2, 0.25) is 0 Å². The SMILES string of the molecule is OC(CC(O)C(F)(F)F)c1cccs1.OC(CC(O)C(F)(F)F)c1cccs1.[Cu].[Cu].c1ccc([PH+](CC[PH+](c2ccccc2)c2ccccc2)c2ccccc2)cc1.c1ccc([PH+](CC[PH+](c2ccccc2)c2ccccc2)c2ccccc2)cc1. The van der Waals surface area contributed by atoms with E-state index in [4.69, 9.17) is 10.2 Å². The van der Waals surface area contributed by atoms with Crippen molar-refractivity contribution in [3.8, 4) is 0 Å². The van der Waals surface area contributed by atoms with E-state index in [1.807, 2.05) is 0 Å². The Morgan fingerprint density at radius 3 is 0.593 bits per heavy atom. The number of hydrogen-bond acceptors (Lipinski definition) is 6. The average Bonchev–Trinajstić information content (AvgIpc) is 4.40. The van der Waals surface area contributed by atoms with E-state index in [-0.39, 0.29) is 34.1 Å². The molecular formula is C68H70Cu2F6O4P4S2+4. The molecule has 0 aliphatic rings. The second-order valence-corrected chi connectivity index (χ2v) is 31.9. The van der Waals surface area contributed by atoms with Crippen molar-refractivity contribution in [2.24, 2.45) is 0 Å². The van der Waals surface area contributed by atoms with Gasteiger partial charge in [-0.3, -0.25) is 0 Å². The second kappa shape index (κ2) is 38.0. The van der Waals surface area contributed by atoms with Gasteiger partial charge in [-0.2, -0.15) is 26.3 Å². The maximum absolute atomic E-state index is 11.9. The number of halogens is 6. The van der Waals surface area contributed by atoms with Crippen LogP contribution in [0.25, 0.3) is 0 Å². The van der Waals surface area contributed by atoms with Crippen LogP contribution >= 0.6 is 54.4 Å². The van der Waals surface area contributed by atoms with E-state index in [0.717, 1.165) is 22.7 Å². The maximum Gasteiger partial charge on any atom is 0.414 e. The number of alkyl halides is 6. The van der Waals surface area contributed by atoms with Gasteiger partial charge in [0.25, 0.3) is 0 Å². The van der Waals surface area contributed by atoms with Crippen LogP contribution in [0.3, 0.4) is 0 Å². The molecule has 0 amide bonds.